The van der Waals surface area contributed by atoms with E-state index in [0.29, 0.717) is 26.1 Å². The Morgan fingerprint density at radius 3 is 2.59 bits per heavy atom. The molecule has 0 aromatic carbocycles. The molecule has 128 valence electrons. The van der Waals surface area contributed by atoms with Crippen LogP contribution in [0.1, 0.15) is 32.1 Å². The van der Waals surface area contributed by atoms with Gasteiger partial charge in [-0.1, -0.05) is 12.8 Å². The Hall–Kier alpha value is -1.02. The minimum atomic E-state index is -4.17. The lowest BCUT2D eigenvalue weighted by Crippen LogP contribution is -2.53. The first-order chi connectivity index (χ1) is 10.3. The van der Waals surface area contributed by atoms with E-state index in [9.17, 15) is 23.1 Å². The molecule has 3 N–H and O–H groups in total. The largest absolute Gasteiger partial charge is 0.401 e. The predicted octanol–water partition coefficient (Wildman–Crippen LogP) is 1.47. The second-order valence-corrected chi connectivity index (χ2v) is 6.49. The lowest BCUT2D eigenvalue weighted by molar-refractivity contribution is -0.143. The molecule has 1 saturated heterocycles. The standard InChI is InChI=1S/C14H24F3N3O2/c15-14(16,17)9-20-6-3-11(8-20)7-18-12(22)19-13(10-21)4-1-2-5-13/h11,21H,1-10H2,(H2,18,19,22). The van der Waals surface area contributed by atoms with Crippen LogP contribution in [0.15, 0.2) is 0 Å². The van der Waals surface area contributed by atoms with Crippen LogP contribution in [0.25, 0.3) is 0 Å². The van der Waals surface area contributed by atoms with Crippen LogP contribution in [0.3, 0.4) is 0 Å². The lowest BCUT2D eigenvalue weighted by atomic mass is 9.99. The fraction of sp³-hybridized carbons (Fsp3) is 0.929. The van der Waals surface area contributed by atoms with Crippen LogP contribution >= 0.6 is 0 Å². The van der Waals surface area contributed by atoms with E-state index in [1.165, 1.54) is 4.90 Å². The number of likely N-dealkylation sites (tertiary alicyclic amines) is 1. The second kappa shape index (κ2) is 7.04. The minimum Gasteiger partial charge on any atom is -0.394 e. The number of hydrogen-bond donors (Lipinski definition) is 3. The number of hydrogen-bond acceptors (Lipinski definition) is 3. The monoisotopic (exact) mass is 323 g/mol. The van der Waals surface area contributed by atoms with Crippen LogP contribution in [0.2, 0.25) is 0 Å². The van der Waals surface area contributed by atoms with Crippen molar-refractivity contribution in [3.05, 3.63) is 0 Å². The first-order valence-electron chi connectivity index (χ1n) is 7.78. The van der Waals surface area contributed by atoms with Crippen molar-refractivity contribution in [3.63, 3.8) is 0 Å². The normalized spacial score (nSPS) is 25.4. The maximum Gasteiger partial charge on any atom is 0.401 e. The molecule has 22 heavy (non-hydrogen) atoms. The molecule has 1 saturated carbocycles. The highest BCUT2D eigenvalue weighted by molar-refractivity contribution is 5.74. The molecule has 2 rings (SSSR count). The van der Waals surface area contributed by atoms with E-state index in [4.69, 9.17) is 0 Å². The number of carbonyl (C=O) groups is 1. The first-order valence-corrected chi connectivity index (χ1v) is 7.78. The number of amides is 2. The Balaban J connectivity index is 1.69. The molecule has 0 spiro atoms. The van der Waals surface area contributed by atoms with Gasteiger partial charge in [0.15, 0.2) is 0 Å². The third kappa shape index (κ3) is 5.01. The molecule has 0 radical (unpaired) electrons. The highest BCUT2D eigenvalue weighted by atomic mass is 19.4. The fourth-order valence-electron chi connectivity index (χ4n) is 3.37. The minimum absolute atomic E-state index is 0.0433. The third-order valence-corrected chi connectivity index (χ3v) is 4.57. The first kappa shape index (κ1) is 17.3. The van der Waals surface area contributed by atoms with Crippen LogP contribution in [0.4, 0.5) is 18.0 Å². The van der Waals surface area contributed by atoms with Crippen molar-refractivity contribution in [2.24, 2.45) is 5.92 Å². The van der Waals surface area contributed by atoms with Crippen molar-refractivity contribution in [2.45, 2.75) is 43.8 Å². The highest BCUT2D eigenvalue weighted by Crippen LogP contribution is 2.29. The van der Waals surface area contributed by atoms with Gasteiger partial charge in [0.1, 0.15) is 0 Å². The number of rotatable bonds is 5. The number of halogens is 3. The van der Waals surface area contributed by atoms with Crippen LogP contribution in [-0.2, 0) is 0 Å². The van der Waals surface area contributed by atoms with Crippen molar-refractivity contribution < 1.29 is 23.1 Å². The Morgan fingerprint density at radius 1 is 1.32 bits per heavy atom. The van der Waals surface area contributed by atoms with Gasteiger partial charge < -0.3 is 15.7 Å². The second-order valence-electron chi connectivity index (χ2n) is 6.49. The van der Waals surface area contributed by atoms with Crippen molar-refractivity contribution in [2.75, 3.05) is 32.8 Å². The molecular formula is C14H24F3N3O2. The van der Waals surface area contributed by atoms with E-state index in [1.807, 2.05) is 0 Å². The van der Waals surface area contributed by atoms with Crippen molar-refractivity contribution in [1.29, 1.82) is 0 Å². The zero-order valence-electron chi connectivity index (χ0n) is 12.6. The maximum absolute atomic E-state index is 12.3. The van der Waals surface area contributed by atoms with E-state index in [2.05, 4.69) is 10.6 Å². The summed E-state index contributed by atoms with van der Waals surface area (Å²) in [5.41, 5.74) is -0.526. The smallest absolute Gasteiger partial charge is 0.394 e. The number of alkyl halides is 3. The summed E-state index contributed by atoms with van der Waals surface area (Å²) in [5, 5.41) is 15.0. The van der Waals surface area contributed by atoms with E-state index in [-0.39, 0.29) is 18.6 Å². The fourth-order valence-corrected chi connectivity index (χ4v) is 3.37. The number of aliphatic hydroxyl groups is 1. The van der Waals surface area contributed by atoms with E-state index >= 15 is 0 Å². The average Bonchev–Trinajstić information content (AvgIpc) is 3.05. The molecule has 1 unspecified atom stereocenters. The van der Waals surface area contributed by atoms with Gasteiger partial charge >= 0.3 is 12.2 Å². The Morgan fingerprint density at radius 2 is 2.00 bits per heavy atom. The molecule has 2 aliphatic rings. The zero-order valence-corrected chi connectivity index (χ0v) is 12.6. The van der Waals surface area contributed by atoms with E-state index in [0.717, 1.165) is 25.7 Å². The van der Waals surface area contributed by atoms with Crippen molar-refractivity contribution >= 4 is 6.03 Å². The molecule has 2 amide bonds. The van der Waals surface area contributed by atoms with Gasteiger partial charge in [0.05, 0.1) is 18.7 Å². The molecule has 0 bridgehead atoms. The molecular weight excluding hydrogens is 299 g/mol. The highest BCUT2D eigenvalue weighted by Gasteiger charge is 2.36. The number of carbonyl (C=O) groups excluding carboxylic acids is 1. The maximum atomic E-state index is 12.3. The number of urea groups is 1. The number of nitrogens with one attached hydrogen (secondary N) is 2. The molecule has 0 aromatic heterocycles. The molecule has 1 heterocycles. The summed E-state index contributed by atoms with van der Waals surface area (Å²) >= 11 is 0. The Kier molecular flexibility index (Phi) is 5.55. The van der Waals surface area contributed by atoms with Gasteiger partial charge in [-0.3, -0.25) is 4.90 Å². The predicted molar refractivity (Wildman–Crippen MR) is 75.4 cm³/mol. The van der Waals surface area contributed by atoms with Crippen molar-refractivity contribution in [1.82, 2.24) is 15.5 Å². The zero-order chi connectivity index (χ0) is 16.2. The topological polar surface area (TPSA) is 64.6 Å². The van der Waals surface area contributed by atoms with Gasteiger partial charge in [-0.25, -0.2) is 4.79 Å². The molecule has 1 atom stereocenters. The van der Waals surface area contributed by atoms with Crippen LogP contribution in [0, 0.1) is 5.92 Å². The number of nitrogens with zero attached hydrogens (tertiary/aromatic N) is 1. The quantitative estimate of drug-likeness (QED) is 0.718. The van der Waals surface area contributed by atoms with Gasteiger partial charge in [0, 0.05) is 13.1 Å². The summed E-state index contributed by atoms with van der Waals surface area (Å²) in [4.78, 5) is 13.3. The summed E-state index contributed by atoms with van der Waals surface area (Å²) < 4.78 is 36.9. The van der Waals surface area contributed by atoms with Gasteiger partial charge in [-0.15, -0.1) is 0 Å². The van der Waals surface area contributed by atoms with Crippen LogP contribution in [-0.4, -0.2) is 60.5 Å². The Bertz CT molecular complexity index is 384. The van der Waals surface area contributed by atoms with Crippen molar-refractivity contribution in [3.8, 4) is 0 Å². The van der Waals surface area contributed by atoms with Crippen LogP contribution < -0.4 is 10.6 Å². The molecule has 5 nitrogen and oxygen atoms in total. The SMILES string of the molecule is O=C(NCC1CCN(CC(F)(F)F)C1)NC1(CO)CCCC1. The lowest BCUT2D eigenvalue weighted by Gasteiger charge is -2.28. The molecule has 2 fully saturated rings. The van der Waals surface area contributed by atoms with Gasteiger partial charge in [0.25, 0.3) is 0 Å². The molecule has 1 aliphatic heterocycles. The third-order valence-electron chi connectivity index (χ3n) is 4.57. The summed E-state index contributed by atoms with van der Waals surface area (Å²) in [6.07, 6.45) is -0.0255. The molecule has 1 aliphatic carbocycles. The van der Waals surface area contributed by atoms with E-state index in [1.54, 1.807) is 0 Å². The average molecular weight is 323 g/mol. The van der Waals surface area contributed by atoms with Gasteiger partial charge in [0.2, 0.25) is 0 Å². The summed E-state index contributed by atoms with van der Waals surface area (Å²) in [7, 11) is 0. The van der Waals surface area contributed by atoms with Crippen LogP contribution in [0.5, 0.6) is 0 Å². The number of aliphatic hydroxyl groups excluding tert-OH is 1. The summed E-state index contributed by atoms with van der Waals surface area (Å²) in [6.45, 7) is 0.160. The van der Waals surface area contributed by atoms with E-state index < -0.39 is 18.3 Å². The summed E-state index contributed by atoms with van der Waals surface area (Å²) in [6, 6.07) is -0.342. The molecule has 0 aromatic rings. The molecule has 8 heteroatoms. The Labute approximate surface area is 128 Å². The van der Waals surface area contributed by atoms with Gasteiger partial charge in [-0.05, 0) is 31.7 Å². The summed E-state index contributed by atoms with van der Waals surface area (Å²) in [5.74, 6) is 0.0433. The van der Waals surface area contributed by atoms with Gasteiger partial charge in [-0.2, -0.15) is 13.2 Å².